The number of pyridine rings is 1. The van der Waals surface area contributed by atoms with Gasteiger partial charge in [0.05, 0.1) is 4.91 Å². The van der Waals surface area contributed by atoms with Gasteiger partial charge < -0.3 is 4.74 Å². The summed E-state index contributed by atoms with van der Waals surface area (Å²) in [7, 11) is 0. The summed E-state index contributed by atoms with van der Waals surface area (Å²) in [6.45, 7) is 8.73. The van der Waals surface area contributed by atoms with Gasteiger partial charge in [0.2, 0.25) is 5.88 Å². The second-order valence-electron chi connectivity index (χ2n) is 11.0. The first kappa shape index (κ1) is 31.0. The van der Waals surface area contributed by atoms with Crippen molar-refractivity contribution in [3.8, 4) is 11.6 Å². The maximum absolute atomic E-state index is 13.7. The number of fused-ring (bicyclic) bond motifs is 1. The quantitative estimate of drug-likeness (QED) is 0.106. The lowest BCUT2D eigenvalue weighted by Gasteiger charge is -2.14. The molecule has 0 saturated carbocycles. The van der Waals surface area contributed by atoms with Crippen molar-refractivity contribution in [2.45, 2.75) is 91.9 Å². The summed E-state index contributed by atoms with van der Waals surface area (Å²) < 4.78 is 8.24. The molecule has 1 aliphatic rings. The van der Waals surface area contributed by atoms with E-state index < -0.39 is 0 Å². The van der Waals surface area contributed by atoms with E-state index in [1.807, 2.05) is 45.0 Å². The van der Waals surface area contributed by atoms with Crippen LogP contribution < -0.4 is 10.3 Å². The van der Waals surface area contributed by atoms with E-state index in [0.29, 0.717) is 27.2 Å². The summed E-state index contributed by atoms with van der Waals surface area (Å²) in [5.74, 6) is 0.603. The van der Waals surface area contributed by atoms with E-state index in [1.54, 1.807) is 17.2 Å². The molecule has 218 valence electrons. The number of hydrogen-bond acceptors (Lipinski definition) is 6. The smallest absolute Gasteiger partial charge is 0.269 e. The Morgan fingerprint density at radius 3 is 2.22 bits per heavy atom. The first-order chi connectivity index (χ1) is 19.8. The molecule has 0 spiro atoms. The van der Waals surface area contributed by atoms with Crippen molar-refractivity contribution in [2.75, 3.05) is 6.54 Å². The number of thioether (sulfide) groups is 1. The largest absolute Gasteiger partial charge is 0.438 e. The van der Waals surface area contributed by atoms with Crippen LogP contribution in [0.2, 0.25) is 0 Å². The van der Waals surface area contributed by atoms with Crippen LogP contribution in [0.4, 0.5) is 0 Å². The highest BCUT2D eigenvalue weighted by molar-refractivity contribution is 8.26. The average Bonchev–Trinajstić information content (AvgIpc) is 3.19. The highest BCUT2D eigenvalue weighted by Crippen LogP contribution is 2.34. The Morgan fingerprint density at radius 2 is 1.56 bits per heavy atom. The highest BCUT2D eigenvalue weighted by atomic mass is 32.2. The predicted molar refractivity (Wildman–Crippen MR) is 174 cm³/mol. The van der Waals surface area contributed by atoms with Crippen molar-refractivity contribution in [2.24, 2.45) is 0 Å². The third-order valence-electron chi connectivity index (χ3n) is 7.34. The van der Waals surface area contributed by atoms with Gasteiger partial charge in [-0.1, -0.05) is 101 Å². The molecule has 6 nitrogen and oxygen atoms in total. The molecule has 1 fully saturated rings. The number of hydrogen-bond donors (Lipinski definition) is 0. The predicted octanol–water partition coefficient (Wildman–Crippen LogP) is 8.53. The van der Waals surface area contributed by atoms with Gasteiger partial charge in [0.1, 0.15) is 21.3 Å². The highest BCUT2D eigenvalue weighted by Gasteiger charge is 2.32. The van der Waals surface area contributed by atoms with Crippen LogP contribution >= 0.6 is 24.0 Å². The Kier molecular flexibility index (Phi) is 11.2. The molecule has 0 aliphatic carbocycles. The number of carbonyl (C=O) groups is 1. The number of aryl methyl sites for hydroxylation is 3. The molecule has 2 aromatic heterocycles. The van der Waals surface area contributed by atoms with Gasteiger partial charge >= 0.3 is 0 Å². The standard InChI is InChI=1S/C33H41N3O3S2/c1-5-6-7-8-9-10-11-12-13-14-17-36-32(38)28(41-33(36)40)22-27-30(39-26-20-23(2)19-24(3)21-26)34-29-25(4)16-15-18-35(29)31(27)37/h15-16,18-22H,5-14,17H2,1-4H3/b28-22+. The number of carbonyl (C=O) groups excluding carboxylic acids is 1. The summed E-state index contributed by atoms with van der Waals surface area (Å²) in [5, 5.41) is 0. The zero-order valence-electron chi connectivity index (χ0n) is 24.7. The molecule has 4 rings (SSSR count). The number of aromatic nitrogens is 2. The first-order valence-corrected chi connectivity index (χ1v) is 16.0. The molecule has 0 radical (unpaired) electrons. The summed E-state index contributed by atoms with van der Waals surface area (Å²) in [5.41, 5.74) is 3.39. The molecule has 41 heavy (non-hydrogen) atoms. The summed E-state index contributed by atoms with van der Waals surface area (Å²) in [6.07, 6.45) is 15.6. The van der Waals surface area contributed by atoms with E-state index >= 15 is 0 Å². The van der Waals surface area contributed by atoms with Crippen LogP contribution in [0.3, 0.4) is 0 Å². The molecule has 1 aliphatic heterocycles. The van der Waals surface area contributed by atoms with Crippen molar-refractivity contribution < 1.29 is 9.53 Å². The molecule has 0 atom stereocenters. The first-order valence-electron chi connectivity index (χ1n) is 14.8. The van der Waals surface area contributed by atoms with E-state index in [0.717, 1.165) is 29.5 Å². The number of amides is 1. The summed E-state index contributed by atoms with van der Waals surface area (Å²) >= 11 is 6.80. The molecule has 1 aromatic carbocycles. The zero-order chi connectivity index (χ0) is 29.4. The molecule has 3 aromatic rings. The minimum absolute atomic E-state index is 0.165. The molecular formula is C33H41N3O3S2. The van der Waals surface area contributed by atoms with Crippen molar-refractivity contribution in [3.05, 3.63) is 74.0 Å². The van der Waals surface area contributed by atoms with E-state index in [1.165, 1.54) is 67.5 Å². The SMILES string of the molecule is CCCCCCCCCCCCN1C(=O)/C(=C\c2c(Oc3cc(C)cc(C)c3)nc3c(C)cccn3c2=O)SC1=S. The van der Waals surface area contributed by atoms with Gasteiger partial charge in [-0.3, -0.25) is 18.9 Å². The fourth-order valence-electron chi connectivity index (χ4n) is 5.18. The van der Waals surface area contributed by atoms with Crippen molar-refractivity contribution >= 4 is 45.9 Å². The molecule has 0 bridgehead atoms. The Labute approximate surface area is 253 Å². The number of thiocarbonyl (C=S) groups is 1. The summed E-state index contributed by atoms with van der Waals surface area (Å²) in [4.78, 5) is 33.9. The second kappa shape index (κ2) is 14.8. The Bertz CT molecular complexity index is 1470. The van der Waals surface area contributed by atoms with Gasteiger partial charge in [0, 0.05) is 12.7 Å². The lowest BCUT2D eigenvalue weighted by molar-refractivity contribution is -0.122. The maximum atomic E-state index is 13.7. The minimum atomic E-state index is -0.293. The van der Waals surface area contributed by atoms with E-state index in [4.69, 9.17) is 21.9 Å². The molecule has 3 heterocycles. The van der Waals surface area contributed by atoms with Crippen LogP contribution in [0.5, 0.6) is 11.6 Å². The lowest BCUT2D eigenvalue weighted by Crippen LogP contribution is -2.29. The van der Waals surface area contributed by atoms with Gasteiger partial charge in [0.25, 0.3) is 11.5 Å². The van der Waals surface area contributed by atoms with Crippen molar-refractivity contribution in [1.29, 1.82) is 0 Å². The molecule has 8 heteroatoms. The van der Waals surface area contributed by atoms with Gasteiger partial charge in [-0.15, -0.1) is 0 Å². The summed E-state index contributed by atoms with van der Waals surface area (Å²) in [6, 6.07) is 9.58. The fraction of sp³-hybridized carbons (Fsp3) is 0.455. The molecule has 0 N–H and O–H groups in total. The number of ether oxygens (including phenoxy) is 1. The van der Waals surface area contributed by atoms with E-state index in [-0.39, 0.29) is 22.9 Å². The number of nitrogens with zero attached hydrogens (tertiary/aromatic N) is 3. The van der Waals surface area contributed by atoms with Crippen LogP contribution in [-0.2, 0) is 4.79 Å². The van der Waals surface area contributed by atoms with Crippen LogP contribution in [0.15, 0.2) is 46.2 Å². The Morgan fingerprint density at radius 1 is 0.927 bits per heavy atom. The van der Waals surface area contributed by atoms with Crippen LogP contribution in [0.25, 0.3) is 11.7 Å². The number of benzene rings is 1. The number of rotatable bonds is 14. The Balaban J connectivity index is 1.49. The normalized spacial score (nSPS) is 14.5. The van der Waals surface area contributed by atoms with E-state index in [9.17, 15) is 9.59 Å². The van der Waals surface area contributed by atoms with Crippen LogP contribution in [-0.4, -0.2) is 31.1 Å². The molecule has 1 saturated heterocycles. The average molecular weight is 592 g/mol. The molecule has 1 amide bonds. The molecular weight excluding hydrogens is 551 g/mol. The van der Waals surface area contributed by atoms with Crippen molar-refractivity contribution in [1.82, 2.24) is 14.3 Å². The fourth-order valence-corrected chi connectivity index (χ4v) is 6.47. The van der Waals surface area contributed by atoms with Crippen molar-refractivity contribution in [3.63, 3.8) is 0 Å². The monoisotopic (exact) mass is 591 g/mol. The number of unbranched alkanes of at least 4 members (excludes halogenated alkanes) is 9. The molecule has 0 unspecified atom stereocenters. The van der Waals surface area contributed by atoms with Gasteiger partial charge in [-0.05, 0) is 68.2 Å². The van der Waals surface area contributed by atoms with Gasteiger partial charge in [-0.2, -0.15) is 4.98 Å². The van der Waals surface area contributed by atoms with E-state index in [2.05, 4.69) is 13.0 Å². The second-order valence-corrected chi connectivity index (χ2v) is 12.6. The van der Waals surface area contributed by atoms with Gasteiger partial charge in [-0.25, -0.2) is 0 Å². The Hall–Kier alpha value is -2.97. The lowest BCUT2D eigenvalue weighted by atomic mass is 10.1. The topological polar surface area (TPSA) is 63.9 Å². The van der Waals surface area contributed by atoms with Crippen LogP contribution in [0.1, 0.15) is 93.4 Å². The van der Waals surface area contributed by atoms with Crippen LogP contribution in [0, 0.1) is 20.8 Å². The zero-order valence-corrected chi connectivity index (χ0v) is 26.3. The maximum Gasteiger partial charge on any atom is 0.269 e. The van der Waals surface area contributed by atoms with Gasteiger partial charge in [0.15, 0.2) is 0 Å². The minimum Gasteiger partial charge on any atom is -0.438 e. The third-order valence-corrected chi connectivity index (χ3v) is 8.72. The third kappa shape index (κ3) is 8.07.